The SMILES string of the molecule is NC(=O)/C=C/c1cccc(-c2cnc3[nH]cc(-c4ccc(=O)n(CC5CC5)c4)c3c2)c1. The number of rotatable bonds is 6. The molecule has 31 heavy (non-hydrogen) atoms. The quantitative estimate of drug-likeness (QED) is 0.471. The molecule has 3 aromatic heterocycles. The second-order valence-corrected chi connectivity index (χ2v) is 8.04. The second kappa shape index (κ2) is 7.72. The van der Waals surface area contributed by atoms with Gasteiger partial charge in [-0.2, -0.15) is 0 Å². The van der Waals surface area contributed by atoms with Crippen molar-refractivity contribution in [2.45, 2.75) is 19.4 Å². The molecule has 1 fully saturated rings. The molecule has 1 aromatic carbocycles. The van der Waals surface area contributed by atoms with Crippen LogP contribution >= 0.6 is 0 Å². The number of aromatic nitrogens is 3. The topological polar surface area (TPSA) is 93.8 Å². The number of nitrogens with zero attached hydrogens (tertiary/aromatic N) is 2. The zero-order valence-corrected chi connectivity index (χ0v) is 16.9. The minimum Gasteiger partial charge on any atom is -0.366 e. The maximum Gasteiger partial charge on any atom is 0.250 e. The summed E-state index contributed by atoms with van der Waals surface area (Å²) in [5, 5.41) is 0.993. The van der Waals surface area contributed by atoms with Gasteiger partial charge >= 0.3 is 0 Å². The van der Waals surface area contributed by atoms with Gasteiger partial charge in [-0.15, -0.1) is 0 Å². The third-order valence-corrected chi connectivity index (χ3v) is 5.64. The van der Waals surface area contributed by atoms with E-state index in [1.807, 2.05) is 53.5 Å². The lowest BCUT2D eigenvalue weighted by molar-refractivity contribution is -0.113. The van der Waals surface area contributed by atoms with Gasteiger partial charge in [-0.3, -0.25) is 9.59 Å². The summed E-state index contributed by atoms with van der Waals surface area (Å²) in [6.45, 7) is 0.782. The lowest BCUT2D eigenvalue weighted by Crippen LogP contribution is -2.19. The number of nitrogens with two attached hydrogens (primary N) is 1. The normalized spacial score (nSPS) is 13.8. The Morgan fingerprint density at radius 3 is 2.84 bits per heavy atom. The van der Waals surface area contributed by atoms with Crippen LogP contribution in [0.5, 0.6) is 0 Å². The smallest absolute Gasteiger partial charge is 0.250 e. The fraction of sp³-hybridized carbons (Fsp3) is 0.160. The van der Waals surface area contributed by atoms with E-state index in [4.69, 9.17) is 5.73 Å². The van der Waals surface area contributed by atoms with Gasteiger partial charge in [0.15, 0.2) is 0 Å². The number of carbonyl (C=O) groups excluding carboxylic acids is 1. The summed E-state index contributed by atoms with van der Waals surface area (Å²) in [6, 6.07) is 13.5. The number of H-pyrrole nitrogens is 1. The summed E-state index contributed by atoms with van der Waals surface area (Å²) in [5.74, 6) is 0.147. The van der Waals surface area contributed by atoms with Gasteiger partial charge in [0.2, 0.25) is 5.91 Å². The van der Waals surface area contributed by atoms with Crippen molar-refractivity contribution in [1.29, 1.82) is 0 Å². The first kappa shape index (κ1) is 19.1. The van der Waals surface area contributed by atoms with E-state index in [2.05, 4.69) is 16.0 Å². The Morgan fingerprint density at radius 1 is 1.16 bits per heavy atom. The van der Waals surface area contributed by atoms with Crippen LogP contribution in [-0.2, 0) is 11.3 Å². The Balaban J connectivity index is 1.54. The van der Waals surface area contributed by atoms with E-state index >= 15 is 0 Å². The van der Waals surface area contributed by atoms with Gasteiger partial charge in [-0.05, 0) is 54.2 Å². The van der Waals surface area contributed by atoms with Crippen LogP contribution in [0.15, 0.2) is 71.9 Å². The van der Waals surface area contributed by atoms with Gasteiger partial charge in [0.25, 0.3) is 5.56 Å². The van der Waals surface area contributed by atoms with Crippen molar-refractivity contribution in [2.24, 2.45) is 11.7 Å². The average molecular weight is 410 g/mol. The monoisotopic (exact) mass is 410 g/mol. The van der Waals surface area contributed by atoms with E-state index < -0.39 is 5.91 Å². The van der Waals surface area contributed by atoms with E-state index in [1.165, 1.54) is 18.9 Å². The summed E-state index contributed by atoms with van der Waals surface area (Å²) in [4.78, 5) is 31.1. The first-order valence-electron chi connectivity index (χ1n) is 10.3. The van der Waals surface area contributed by atoms with Crippen LogP contribution in [0.2, 0.25) is 0 Å². The molecule has 0 saturated heterocycles. The van der Waals surface area contributed by atoms with Crippen molar-refractivity contribution < 1.29 is 4.79 Å². The number of hydrogen-bond donors (Lipinski definition) is 2. The number of amides is 1. The molecule has 1 saturated carbocycles. The van der Waals surface area contributed by atoms with E-state index in [0.29, 0.717) is 5.92 Å². The van der Waals surface area contributed by atoms with Crippen LogP contribution in [0.1, 0.15) is 18.4 Å². The highest BCUT2D eigenvalue weighted by Gasteiger charge is 2.22. The first-order valence-corrected chi connectivity index (χ1v) is 10.3. The molecule has 0 aliphatic heterocycles. The standard InChI is InChI=1S/C25H22N4O2/c26-23(30)8-6-16-2-1-3-18(10-16)20-11-21-22(13-28-25(21)27-12-20)19-7-9-24(31)29(15-19)14-17-4-5-17/h1-3,6-13,15,17H,4-5,14H2,(H2,26,30)(H,27,28)/b8-6+. The van der Waals surface area contributed by atoms with Gasteiger partial charge in [-0.25, -0.2) is 4.98 Å². The molecule has 0 bridgehead atoms. The number of primary amides is 1. The van der Waals surface area contributed by atoms with Crippen molar-refractivity contribution in [3.8, 4) is 22.3 Å². The summed E-state index contributed by atoms with van der Waals surface area (Å²) in [7, 11) is 0. The molecule has 4 aromatic rings. The highest BCUT2D eigenvalue weighted by atomic mass is 16.1. The molecule has 154 valence electrons. The predicted octanol–water partition coefficient (Wildman–Crippen LogP) is 3.97. The lowest BCUT2D eigenvalue weighted by atomic mass is 10.0. The molecular weight excluding hydrogens is 388 g/mol. The van der Waals surface area contributed by atoms with Crippen LogP contribution in [0.3, 0.4) is 0 Å². The van der Waals surface area contributed by atoms with Crippen LogP contribution in [-0.4, -0.2) is 20.4 Å². The molecule has 1 amide bonds. The molecule has 1 aliphatic carbocycles. The van der Waals surface area contributed by atoms with Crippen molar-refractivity contribution in [1.82, 2.24) is 14.5 Å². The minimum atomic E-state index is -0.478. The molecule has 0 spiro atoms. The van der Waals surface area contributed by atoms with Gasteiger partial charge in [0, 0.05) is 59.4 Å². The summed E-state index contributed by atoms with van der Waals surface area (Å²) in [6.07, 6.45) is 11.2. The van der Waals surface area contributed by atoms with Crippen molar-refractivity contribution >= 4 is 23.0 Å². The average Bonchev–Trinajstić information content (AvgIpc) is 3.49. The molecule has 6 nitrogen and oxygen atoms in total. The van der Waals surface area contributed by atoms with Crippen molar-refractivity contribution in [2.75, 3.05) is 0 Å². The summed E-state index contributed by atoms with van der Waals surface area (Å²) < 4.78 is 1.82. The highest BCUT2D eigenvalue weighted by molar-refractivity contribution is 5.96. The maximum absolute atomic E-state index is 12.2. The van der Waals surface area contributed by atoms with Crippen LogP contribution in [0.4, 0.5) is 0 Å². The highest BCUT2D eigenvalue weighted by Crippen LogP contribution is 2.33. The van der Waals surface area contributed by atoms with E-state index in [0.717, 1.165) is 45.4 Å². The van der Waals surface area contributed by atoms with Gasteiger partial charge < -0.3 is 15.3 Å². The molecule has 0 atom stereocenters. The largest absolute Gasteiger partial charge is 0.366 e. The van der Waals surface area contributed by atoms with E-state index in [1.54, 1.807) is 12.1 Å². The predicted molar refractivity (Wildman–Crippen MR) is 122 cm³/mol. The number of aromatic amines is 1. The Morgan fingerprint density at radius 2 is 2.03 bits per heavy atom. The molecule has 6 heteroatoms. The first-order chi connectivity index (χ1) is 15.1. The van der Waals surface area contributed by atoms with Gasteiger partial charge in [-0.1, -0.05) is 18.2 Å². The number of nitrogens with one attached hydrogen (secondary N) is 1. The fourth-order valence-corrected chi connectivity index (χ4v) is 3.81. The molecule has 3 heterocycles. The molecule has 0 radical (unpaired) electrons. The van der Waals surface area contributed by atoms with Crippen molar-refractivity contribution in [3.63, 3.8) is 0 Å². The summed E-state index contributed by atoms with van der Waals surface area (Å²) >= 11 is 0. The lowest BCUT2D eigenvalue weighted by Gasteiger charge is -2.08. The van der Waals surface area contributed by atoms with Crippen LogP contribution < -0.4 is 11.3 Å². The minimum absolute atomic E-state index is 0.0372. The second-order valence-electron chi connectivity index (χ2n) is 8.04. The number of pyridine rings is 2. The number of hydrogen-bond acceptors (Lipinski definition) is 3. The Kier molecular flexibility index (Phi) is 4.75. The molecule has 0 unspecified atom stereocenters. The van der Waals surface area contributed by atoms with E-state index in [9.17, 15) is 9.59 Å². The fourth-order valence-electron chi connectivity index (χ4n) is 3.81. The van der Waals surface area contributed by atoms with Crippen LogP contribution in [0.25, 0.3) is 39.4 Å². The van der Waals surface area contributed by atoms with Crippen LogP contribution in [0, 0.1) is 5.92 Å². The third-order valence-electron chi connectivity index (χ3n) is 5.64. The van der Waals surface area contributed by atoms with Gasteiger partial charge in [0.05, 0.1) is 0 Å². The maximum atomic E-state index is 12.2. The Bertz CT molecular complexity index is 1380. The zero-order chi connectivity index (χ0) is 21.4. The number of fused-ring (bicyclic) bond motifs is 1. The number of benzene rings is 1. The third kappa shape index (κ3) is 4.05. The molecular formula is C25H22N4O2. The van der Waals surface area contributed by atoms with Crippen molar-refractivity contribution in [3.05, 3.63) is 83.0 Å². The number of carbonyl (C=O) groups is 1. The molecule has 5 rings (SSSR count). The Labute approximate surface area is 179 Å². The van der Waals surface area contributed by atoms with Gasteiger partial charge in [0.1, 0.15) is 5.65 Å². The van der Waals surface area contributed by atoms with E-state index in [-0.39, 0.29) is 5.56 Å². The molecule has 3 N–H and O–H groups in total. The summed E-state index contributed by atoms with van der Waals surface area (Å²) in [5.41, 5.74) is 10.9. The Hall–Kier alpha value is -3.93. The zero-order valence-electron chi connectivity index (χ0n) is 16.9. The molecule has 1 aliphatic rings.